The van der Waals surface area contributed by atoms with Crippen molar-refractivity contribution >= 4 is 27.2 Å². The summed E-state index contributed by atoms with van der Waals surface area (Å²) in [7, 11) is -6.56. The summed E-state index contributed by atoms with van der Waals surface area (Å²) in [5.41, 5.74) is 0. The quantitative estimate of drug-likeness (QED) is 0.254. The van der Waals surface area contributed by atoms with Crippen LogP contribution in [-0.2, 0) is 39.3 Å². The van der Waals surface area contributed by atoms with Gasteiger partial charge in [0.15, 0.2) is 0 Å². The molecular weight excluding hydrogens is 274 g/mol. The summed E-state index contributed by atoms with van der Waals surface area (Å²) in [4.78, 5) is 10.9. The number of hydrogen-bond donors (Lipinski definition) is 2. The van der Waals surface area contributed by atoms with E-state index in [0.717, 1.165) is 6.41 Å². The maximum Gasteiger partial charge on any atom is 0.426 e. The highest BCUT2D eigenvalue weighted by molar-refractivity contribution is 7.81. The van der Waals surface area contributed by atoms with Crippen LogP contribution in [0.2, 0.25) is 0 Å². The van der Waals surface area contributed by atoms with Crippen LogP contribution in [0, 0.1) is 0 Å². The van der Waals surface area contributed by atoms with Crippen molar-refractivity contribution in [2.24, 2.45) is 0 Å². The summed E-state index contributed by atoms with van der Waals surface area (Å²) in [6.45, 7) is 0. The van der Waals surface area contributed by atoms with Gasteiger partial charge in [-0.25, -0.2) is 0 Å². The molecule has 13 heteroatoms. The van der Waals surface area contributed by atoms with Gasteiger partial charge in [0.05, 0.1) is 0 Å². The normalized spacial score (nSPS) is 11.2. The van der Waals surface area contributed by atoms with Gasteiger partial charge in [-0.15, -0.1) is 0 Å². The van der Waals surface area contributed by atoms with E-state index in [0.29, 0.717) is 0 Å². The minimum atomic E-state index is -4.97. The summed E-state index contributed by atoms with van der Waals surface area (Å²) in [6, 6.07) is 0. The highest BCUT2D eigenvalue weighted by atomic mass is 32.3. The molecule has 0 aliphatic carbocycles. The Hall–Kier alpha value is -0.830. The molecule has 11 nitrogen and oxygen atoms in total. The predicted octanol–water partition coefficient (Wildman–Crippen LogP) is -1.82. The van der Waals surface area contributed by atoms with Gasteiger partial charge in [-0.05, 0) is 5.04 Å². The first-order valence-corrected chi connectivity index (χ1v) is 5.82. The largest absolute Gasteiger partial charge is 0.426 e. The van der Waals surface area contributed by atoms with Crippen LogP contribution in [0.5, 0.6) is 0 Å². The molecule has 0 aromatic rings. The number of nitrogens with zero attached hydrogens (tertiary/aromatic N) is 1. The number of amides is 1. The third kappa shape index (κ3) is 23.2. The van der Waals surface area contributed by atoms with Crippen LogP contribution in [0.15, 0.2) is 0 Å². The van der Waals surface area contributed by atoms with Gasteiger partial charge in [0.2, 0.25) is 6.41 Å². The van der Waals surface area contributed by atoms with Gasteiger partial charge in [-0.1, -0.05) is 8.67 Å². The predicted molar refractivity (Wildman–Crippen MR) is 46.1 cm³/mol. The SMILES string of the molecule is CN(C)C=O.O=S(=O)(O)OOOS(=O)(=O)O. The standard InChI is InChI=1S/C3H7NO.H2O9S2/c1-4(2)3-5;1-10(2,3)8-7-9-11(4,5)6/h3H,1-2H3;(H,1,2,3)(H,4,5,6). The van der Waals surface area contributed by atoms with Crippen LogP contribution in [0.1, 0.15) is 0 Å². The lowest BCUT2D eigenvalue weighted by atomic mass is 11.0. The monoisotopic (exact) mass is 283 g/mol. The van der Waals surface area contributed by atoms with E-state index in [1.165, 1.54) is 4.90 Å². The van der Waals surface area contributed by atoms with Crippen molar-refractivity contribution in [1.29, 1.82) is 0 Å². The highest BCUT2D eigenvalue weighted by Crippen LogP contribution is 1.92. The van der Waals surface area contributed by atoms with Gasteiger partial charge in [0.1, 0.15) is 0 Å². The van der Waals surface area contributed by atoms with E-state index >= 15 is 0 Å². The highest BCUT2D eigenvalue weighted by Gasteiger charge is 2.11. The van der Waals surface area contributed by atoms with Gasteiger partial charge in [0.25, 0.3) is 0 Å². The Morgan fingerprint density at radius 3 is 1.38 bits per heavy atom. The first kappa shape index (κ1) is 17.6. The molecule has 0 heterocycles. The molecule has 0 bridgehead atoms. The number of rotatable bonds is 5. The van der Waals surface area contributed by atoms with Crippen molar-refractivity contribution in [2.45, 2.75) is 0 Å². The first-order chi connectivity index (χ1) is 6.98. The summed E-state index contributed by atoms with van der Waals surface area (Å²) in [5, 5.41) is 2.89. The van der Waals surface area contributed by atoms with Crippen molar-refractivity contribution < 1.29 is 44.4 Å². The minimum absolute atomic E-state index is 0.750. The van der Waals surface area contributed by atoms with Crippen LogP contribution < -0.4 is 0 Å². The first-order valence-electron chi connectivity index (χ1n) is 3.09. The lowest BCUT2D eigenvalue weighted by molar-refractivity contribution is -0.412. The van der Waals surface area contributed by atoms with E-state index in [2.05, 4.69) is 13.7 Å². The Kier molecular flexibility index (Phi) is 8.17. The fourth-order valence-corrected chi connectivity index (χ4v) is 0.313. The van der Waals surface area contributed by atoms with Crippen molar-refractivity contribution in [3.05, 3.63) is 0 Å². The molecule has 0 aliphatic rings. The maximum atomic E-state index is 9.57. The Bertz CT molecular complexity index is 348. The summed E-state index contributed by atoms with van der Waals surface area (Å²) >= 11 is 0. The molecule has 0 saturated heterocycles. The fraction of sp³-hybridized carbons (Fsp3) is 0.667. The summed E-state index contributed by atoms with van der Waals surface area (Å²) < 4.78 is 59.4. The molecule has 0 spiro atoms. The molecule has 16 heavy (non-hydrogen) atoms. The molecule has 0 aliphatic heterocycles. The molecule has 0 aromatic carbocycles. The zero-order chi connectivity index (χ0) is 13.4. The average molecular weight is 283 g/mol. The molecule has 2 N–H and O–H groups in total. The topological polar surface area (TPSA) is 157 Å². The van der Waals surface area contributed by atoms with E-state index in [4.69, 9.17) is 9.11 Å². The molecule has 0 radical (unpaired) electrons. The van der Waals surface area contributed by atoms with Gasteiger partial charge < -0.3 is 4.90 Å². The molecule has 0 saturated carbocycles. The van der Waals surface area contributed by atoms with E-state index in [-0.39, 0.29) is 0 Å². The summed E-state index contributed by atoms with van der Waals surface area (Å²) in [5.74, 6) is 0. The van der Waals surface area contributed by atoms with Gasteiger partial charge >= 0.3 is 20.8 Å². The number of carbonyl (C=O) groups excluding carboxylic acids is 1. The Morgan fingerprint density at radius 1 is 1.00 bits per heavy atom. The second-order valence-corrected chi connectivity index (χ2v) is 4.11. The van der Waals surface area contributed by atoms with E-state index in [9.17, 15) is 21.6 Å². The van der Waals surface area contributed by atoms with Crippen molar-refractivity contribution in [3.63, 3.8) is 0 Å². The van der Waals surface area contributed by atoms with E-state index in [1.54, 1.807) is 14.1 Å². The van der Waals surface area contributed by atoms with Crippen molar-refractivity contribution in [1.82, 2.24) is 4.90 Å². The second-order valence-electron chi connectivity index (χ2n) is 2.13. The molecule has 0 rings (SSSR count). The van der Waals surface area contributed by atoms with E-state index < -0.39 is 20.8 Å². The number of carbonyl (C=O) groups is 1. The Balaban J connectivity index is 0. The van der Waals surface area contributed by atoms with Gasteiger partial charge in [0, 0.05) is 14.1 Å². The maximum absolute atomic E-state index is 9.57. The molecule has 1 amide bonds. The zero-order valence-corrected chi connectivity index (χ0v) is 9.63. The smallest absolute Gasteiger partial charge is 0.351 e. The Morgan fingerprint density at radius 2 is 1.25 bits per heavy atom. The molecule has 0 aromatic heterocycles. The minimum Gasteiger partial charge on any atom is -0.351 e. The molecule has 0 fully saturated rings. The van der Waals surface area contributed by atoms with Crippen LogP contribution in [0.25, 0.3) is 0 Å². The van der Waals surface area contributed by atoms with Crippen molar-refractivity contribution in [3.8, 4) is 0 Å². The van der Waals surface area contributed by atoms with Gasteiger partial charge in [-0.3, -0.25) is 13.9 Å². The number of hydrogen-bond acceptors (Lipinski definition) is 8. The van der Waals surface area contributed by atoms with Crippen LogP contribution in [0.3, 0.4) is 0 Å². The van der Waals surface area contributed by atoms with E-state index in [1.807, 2.05) is 0 Å². The fourth-order valence-electron chi connectivity index (χ4n) is 0.0815. The molecule has 0 atom stereocenters. The Labute approximate surface area is 91.3 Å². The van der Waals surface area contributed by atoms with Crippen LogP contribution in [0.4, 0.5) is 0 Å². The zero-order valence-electron chi connectivity index (χ0n) is 8.00. The average Bonchev–Trinajstić information content (AvgIpc) is 2.00. The van der Waals surface area contributed by atoms with Crippen LogP contribution in [-0.4, -0.2) is 51.3 Å². The summed E-state index contributed by atoms with van der Waals surface area (Å²) in [6.07, 6.45) is 0.750. The molecule has 0 unspecified atom stereocenters. The van der Waals surface area contributed by atoms with Gasteiger partial charge in [-0.2, -0.15) is 16.8 Å². The lowest BCUT2D eigenvalue weighted by Crippen LogP contribution is -2.09. The molecular formula is C3H9NO10S2. The van der Waals surface area contributed by atoms with Crippen molar-refractivity contribution in [2.75, 3.05) is 14.1 Å². The van der Waals surface area contributed by atoms with Crippen LogP contribution >= 0.6 is 0 Å². The lowest BCUT2D eigenvalue weighted by Gasteiger charge is -1.93. The third-order valence-corrected chi connectivity index (χ3v) is 0.893. The second kappa shape index (κ2) is 7.44. The molecule has 98 valence electrons. The third-order valence-electron chi connectivity index (χ3n) is 0.438.